The third-order valence-electron chi connectivity index (χ3n) is 3.28. The maximum absolute atomic E-state index is 14.2. The van der Waals surface area contributed by atoms with E-state index < -0.39 is 5.67 Å². The molecule has 1 atom stereocenters. The summed E-state index contributed by atoms with van der Waals surface area (Å²) in [4.78, 5) is 0. The molecule has 0 aromatic carbocycles. The van der Waals surface area contributed by atoms with E-state index in [-0.39, 0.29) is 5.92 Å². The molecule has 1 saturated carbocycles. The van der Waals surface area contributed by atoms with Crippen molar-refractivity contribution in [2.24, 2.45) is 5.92 Å². The molecule has 0 N–H and O–H groups in total. The van der Waals surface area contributed by atoms with Gasteiger partial charge in [0.25, 0.3) is 0 Å². The van der Waals surface area contributed by atoms with Crippen LogP contribution in [0, 0.1) is 18.3 Å². The van der Waals surface area contributed by atoms with E-state index in [1.807, 2.05) is 13.0 Å². The van der Waals surface area contributed by atoms with Crippen LogP contribution in [0.25, 0.3) is 0 Å². The van der Waals surface area contributed by atoms with Crippen LogP contribution in [0.3, 0.4) is 0 Å². The number of alkyl halides is 1. The van der Waals surface area contributed by atoms with Crippen molar-refractivity contribution in [2.45, 2.75) is 44.7 Å². The van der Waals surface area contributed by atoms with Gasteiger partial charge in [-0.2, -0.15) is 0 Å². The summed E-state index contributed by atoms with van der Waals surface area (Å²) in [5.74, 6) is 2.66. The van der Waals surface area contributed by atoms with E-state index >= 15 is 0 Å². The molecule has 1 aliphatic rings. The summed E-state index contributed by atoms with van der Waals surface area (Å²) in [5.41, 5.74) is -0.206. The average Bonchev–Trinajstić information content (AvgIpc) is 2.68. The maximum atomic E-state index is 14.2. The van der Waals surface area contributed by atoms with E-state index in [2.05, 4.69) is 12.5 Å². The predicted molar refractivity (Wildman–Crippen MR) is 63.2 cm³/mol. The highest BCUT2D eigenvalue weighted by Gasteiger charge is 2.34. The van der Waals surface area contributed by atoms with Gasteiger partial charge in [-0.1, -0.05) is 18.1 Å². The quantitative estimate of drug-likeness (QED) is 0.481. The second kappa shape index (κ2) is 5.16. The molecule has 0 nitrogen and oxygen atoms in total. The fourth-order valence-corrected chi connectivity index (χ4v) is 2.05. The Hall–Kier alpha value is -1.03. The molecule has 0 amide bonds. The minimum Gasteiger partial charge on any atom is -0.239 e. The van der Waals surface area contributed by atoms with Crippen LogP contribution in [0.5, 0.6) is 0 Å². The second-order valence-electron chi connectivity index (χ2n) is 4.30. The first kappa shape index (κ1) is 12.0. The first-order chi connectivity index (χ1) is 7.12. The van der Waals surface area contributed by atoms with Gasteiger partial charge in [-0.25, -0.2) is 4.39 Å². The zero-order valence-electron chi connectivity index (χ0n) is 9.43. The van der Waals surface area contributed by atoms with E-state index in [1.165, 1.54) is 0 Å². The van der Waals surface area contributed by atoms with Crippen molar-refractivity contribution in [1.29, 1.82) is 0 Å². The Morgan fingerprint density at radius 3 is 2.67 bits per heavy atom. The second-order valence-corrected chi connectivity index (χ2v) is 4.30. The van der Waals surface area contributed by atoms with Crippen molar-refractivity contribution in [3.8, 4) is 12.3 Å². The van der Waals surface area contributed by atoms with Gasteiger partial charge in [-0.15, -0.1) is 13.0 Å². The monoisotopic (exact) mass is 206 g/mol. The standard InChI is InChI=1S/C14H19F/c1-4-13(5-2)9-8-12(3)14(15)10-6-7-11-14/h1,5,8,13H,2,6-7,9-11H2,3H3/b12-8+. The van der Waals surface area contributed by atoms with E-state index in [1.54, 1.807) is 6.08 Å². The van der Waals surface area contributed by atoms with Crippen LogP contribution in [-0.4, -0.2) is 5.67 Å². The van der Waals surface area contributed by atoms with Crippen molar-refractivity contribution >= 4 is 0 Å². The molecule has 0 aromatic rings. The maximum Gasteiger partial charge on any atom is 0.131 e. The van der Waals surface area contributed by atoms with Gasteiger partial charge in [0.15, 0.2) is 0 Å². The van der Waals surface area contributed by atoms with Crippen LogP contribution >= 0.6 is 0 Å². The van der Waals surface area contributed by atoms with Crippen LogP contribution in [0.15, 0.2) is 24.3 Å². The molecular formula is C14H19F. The highest BCUT2D eigenvalue weighted by atomic mass is 19.1. The Labute approximate surface area is 92.3 Å². The minimum atomic E-state index is -1.06. The highest BCUT2D eigenvalue weighted by Crippen LogP contribution is 2.39. The van der Waals surface area contributed by atoms with E-state index in [4.69, 9.17) is 6.42 Å². The zero-order valence-corrected chi connectivity index (χ0v) is 9.43. The number of allylic oxidation sites excluding steroid dienone is 3. The average molecular weight is 206 g/mol. The van der Waals surface area contributed by atoms with Gasteiger partial charge in [0.1, 0.15) is 5.67 Å². The fraction of sp³-hybridized carbons (Fsp3) is 0.571. The highest BCUT2D eigenvalue weighted by molar-refractivity contribution is 5.18. The Balaban J connectivity index is 2.59. The van der Waals surface area contributed by atoms with Gasteiger partial charge in [-0.3, -0.25) is 0 Å². The molecule has 1 unspecified atom stereocenters. The molecule has 1 fully saturated rings. The van der Waals surface area contributed by atoms with E-state index in [0.29, 0.717) is 19.3 Å². The molecule has 0 aliphatic heterocycles. The minimum absolute atomic E-state index is 0.0324. The van der Waals surface area contributed by atoms with E-state index in [9.17, 15) is 4.39 Å². The summed E-state index contributed by atoms with van der Waals surface area (Å²) in [6.07, 6.45) is 13.0. The van der Waals surface area contributed by atoms with Gasteiger partial charge < -0.3 is 0 Å². The number of halogens is 1. The molecule has 0 saturated heterocycles. The molecule has 82 valence electrons. The number of hydrogen-bond acceptors (Lipinski definition) is 0. The molecule has 0 spiro atoms. The topological polar surface area (TPSA) is 0 Å². The van der Waals surface area contributed by atoms with Crippen LogP contribution in [0.2, 0.25) is 0 Å². The van der Waals surface area contributed by atoms with Crippen LogP contribution in [0.1, 0.15) is 39.0 Å². The lowest BCUT2D eigenvalue weighted by atomic mass is 9.93. The molecule has 0 aromatic heterocycles. The Kier molecular flexibility index (Phi) is 4.15. The largest absolute Gasteiger partial charge is 0.239 e. The molecule has 0 heterocycles. The van der Waals surface area contributed by atoms with Crippen molar-refractivity contribution in [3.05, 3.63) is 24.3 Å². The Morgan fingerprint density at radius 2 is 2.20 bits per heavy atom. The Morgan fingerprint density at radius 1 is 1.60 bits per heavy atom. The molecular weight excluding hydrogens is 187 g/mol. The normalized spacial score (nSPS) is 22.1. The predicted octanol–water partition coefficient (Wildman–Crippen LogP) is 4.04. The number of terminal acetylenes is 1. The summed E-state index contributed by atoms with van der Waals surface area (Å²) < 4.78 is 14.2. The molecule has 0 radical (unpaired) electrons. The number of hydrogen-bond donors (Lipinski definition) is 0. The third-order valence-corrected chi connectivity index (χ3v) is 3.28. The molecule has 0 bridgehead atoms. The molecule has 1 aliphatic carbocycles. The van der Waals surface area contributed by atoms with Crippen LogP contribution < -0.4 is 0 Å². The lowest BCUT2D eigenvalue weighted by molar-refractivity contribution is 0.221. The van der Waals surface area contributed by atoms with Gasteiger partial charge in [0, 0.05) is 5.92 Å². The first-order valence-electron chi connectivity index (χ1n) is 5.57. The summed E-state index contributed by atoms with van der Waals surface area (Å²) >= 11 is 0. The summed E-state index contributed by atoms with van der Waals surface area (Å²) in [5, 5.41) is 0. The third kappa shape index (κ3) is 2.96. The molecule has 1 rings (SSSR count). The van der Waals surface area contributed by atoms with Crippen molar-refractivity contribution < 1.29 is 4.39 Å². The van der Waals surface area contributed by atoms with Gasteiger partial charge in [0.2, 0.25) is 0 Å². The number of rotatable bonds is 4. The van der Waals surface area contributed by atoms with Gasteiger partial charge in [-0.05, 0) is 44.6 Å². The van der Waals surface area contributed by atoms with Crippen molar-refractivity contribution in [1.82, 2.24) is 0 Å². The lowest BCUT2D eigenvalue weighted by Crippen LogP contribution is -2.19. The zero-order chi connectivity index (χ0) is 11.3. The Bertz CT molecular complexity index is 287. The lowest BCUT2D eigenvalue weighted by Gasteiger charge is -2.20. The van der Waals surface area contributed by atoms with Crippen LogP contribution in [0.4, 0.5) is 4.39 Å². The van der Waals surface area contributed by atoms with Gasteiger partial charge >= 0.3 is 0 Å². The molecule has 15 heavy (non-hydrogen) atoms. The van der Waals surface area contributed by atoms with Crippen molar-refractivity contribution in [3.63, 3.8) is 0 Å². The smallest absolute Gasteiger partial charge is 0.131 e. The van der Waals surface area contributed by atoms with Gasteiger partial charge in [0.05, 0.1) is 0 Å². The van der Waals surface area contributed by atoms with Crippen LogP contribution in [-0.2, 0) is 0 Å². The summed E-state index contributed by atoms with van der Waals surface area (Å²) in [7, 11) is 0. The SMILES string of the molecule is C#CC(C=C)C/C=C(\C)C1(F)CCCC1. The van der Waals surface area contributed by atoms with Crippen molar-refractivity contribution in [2.75, 3.05) is 0 Å². The fourth-order valence-electron chi connectivity index (χ4n) is 2.05. The summed E-state index contributed by atoms with van der Waals surface area (Å²) in [6, 6.07) is 0. The summed E-state index contributed by atoms with van der Waals surface area (Å²) in [6.45, 7) is 5.54. The first-order valence-corrected chi connectivity index (χ1v) is 5.57. The molecule has 1 heteroatoms. The van der Waals surface area contributed by atoms with E-state index in [0.717, 1.165) is 18.4 Å².